The molecule has 15 nitrogen and oxygen atoms in total. The molecule has 0 aromatic rings. The molecule has 0 N–H and O–H groups in total. The summed E-state index contributed by atoms with van der Waals surface area (Å²) in [5.74, 6) is -13.3. The predicted octanol–water partition coefficient (Wildman–Crippen LogP) is 13.6. The first-order chi connectivity index (χ1) is 37.7. The van der Waals surface area contributed by atoms with Crippen LogP contribution in [0.25, 0.3) is 0 Å². The van der Waals surface area contributed by atoms with E-state index in [-0.39, 0.29) is 74.5 Å². The van der Waals surface area contributed by atoms with Gasteiger partial charge in [-0.25, -0.2) is 8.42 Å². The molecule has 1 saturated carbocycles. The molecule has 0 bridgehead atoms. The predicted molar refractivity (Wildman–Crippen MR) is 309 cm³/mol. The van der Waals surface area contributed by atoms with E-state index in [9.17, 15) is 41.7 Å². The minimum Gasteiger partial charge on any atom is -0.745 e. The van der Waals surface area contributed by atoms with Crippen LogP contribution in [0.3, 0.4) is 0 Å². The van der Waals surface area contributed by atoms with Gasteiger partial charge >= 0.3 is 76.9 Å². The van der Waals surface area contributed by atoms with Gasteiger partial charge in [-0.2, -0.15) is 0 Å². The summed E-state index contributed by atoms with van der Waals surface area (Å²) >= 11 is 0. The van der Waals surface area contributed by atoms with Crippen LogP contribution < -0.4 is 29.6 Å². The van der Waals surface area contributed by atoms with Gasteiger partial charge in [0.1, 0.15) is 10.1 Å². The molecule has 1 aliphatic rings. The quantitative estimate of drug-likeness (QED) is 0.0138. The van der Waals surface area contributed by atoms with E-state index in [0.29, 0.717) is 51.4 Å². The zero-order valence-corrected chi connectivity index (χ0v) is 55.3. The zero-order valence-electron chi connectivity index (χ0n) is 52.4. The normalized spacial score (nSPS) is 18.1. The van der Waals surface area contributed by atoms with Gasteiger partial charge in [-0.3, -0.25) is 28.8 Å². The first-order valence-electron chi connectivity index (χ1n) is 31.9. The maximum Gasteiger partial charge on any atom is 1.00 e. The van der Waals surface area contributed by atoms with Crippen LogP contribution in [0.5, 0.6) is 0 Å². The molecule has 0 radical (unpaired) electrons. The molecule has 1 fully saturated rings. The number of ether oxygens (including phenoxy) is 6. The summed E-state index contributed by atoms with van der Waals surface area (Å²) in [4.78, 5) is 85.2. The smallest absolute Gasteiger partial charge is 0.745 e. The fraction of sp³-hybridized carbons (Fsp3) is 0.905. The maximum atomic E-state index is 14.9. The van der Waals surface area contributed by atoms with Gasteiger partial charge in [-0.1, -0.05) is 248 Å². The van der Waals surface area contributed by atoms with Gasteiger partial charge in [0.05, 0.1) is 5.41 Å². The van der Waals surface area contributed by atoms with Gasteiger partial charge < -0.3 is 33.0 Å². The van der Waals surface area contributed by atoms with Crippen molar-refractivity contribution in [3.63, 3.8) is 0 Å². The standard InChI is InChI=1S/C63H114O15S.Na/c1-10-16-22-28-34-40-46-53(64)73-60(9)62(75-55(66)48-42-36-30-24-18-12-3,76-56(67)49-43-37-31-25-19-13-4)59(7,8)52-61(79(70,71)72,74-54(65)47-41-35-29-23-17-11-2)63(60,77-57(68)50-44-38-32-26-20-14-5)78-58(69)51-45-39-33-27-21-15-6;/h10-52H2,1-9H3,(H,70,71,72);/q;+1/p-1. The van der Waals surface area contributed by atoms with Crippen LogP contribution in [0, 0.1) is 5.41 Å². The third-order valence-electron chi connectivity index (χ3n) is 15.8. The molecule has 1 aliphatic carbocycles. The first kappa shape index (κ1) is 77.7. The minimum absolute atomic E-state index is 0. The number of carbonyl (C=O) groups is 6. The minimum atomic E-state index is -6.28. The zero-order chi connectivity index (χ0) is 59.1. The second-order valence-electron chi connectivity index (χ2n) is 23.5. The van der Waals surface area contributed by atoms with Crippen LogP contribution in [0.1, 0.15) is 338 Å². The molecule has 0 aliphatic heterocycles. The average Bonchev–Trinajstić information content (AvgIpc) is 3.38. The van der Waals surface area contributed by atoms with Crippen molar-refractivity contribution in [3.05, 3.63) is 0 Å². The van der Waals surface area contributed by atoms with E-state index >= 15 is 0 Å². The van der Waals surface area contributed by atoms with E-state index in [2.05, 4.69) is 41.5 Å². The Kier molecular flexibility index (Phi) is 42.1. The summed E-state index contributed by atoms with van der Waals surface area (Å²) in [6.07, 6.45) is 23.8. The molecule has 0 aromatic heterocycles. The summed E-state index contributed by atoms with van der Waals surface area (Å²) in [5, 5.41) is 0. The van der Waals surface area contributed by atoms with E-state index < -0.39 is 99.1 Å². The molecular formula is C63H113NaO15S. The molecule has 0 amide bonds. The van der Waals surface area contributed by atoms with Crippen molar-refractivity contribution in [2.45, 2.75) is 361 Å². The largest absolute Gasteiger partial charge is 1.00 e. The third-order valence-corrected chi connectivity index (χ3v) is 17.1. The summed E-state index contributed by atoms with van der Waals surface area (Å²) in [5.41, 5.74) is -5.44. The van der Waals surface area contributed by atoms with Crippen molar-refractivity contribution < 1.29 is 99.7 Å². The van der Waals surface area contributed by atoms with E-state index in [1.807, 2.05) is 0 Å². The molecule has 2 atom stereocenters. The number of rotatable bonds is 49. The van der Waals surface area contributed by atoms with Gasteiger partial charge in [0, 0.05) is 44.9 Å². The Morgan fingerprint density at radius 2 is 0.525 bits per heavy atom. The van der Waals surface area contributed by atoms with E-state index in [0.717, 1.165) is 161 Å². The van der Waals surface area contributed by atoms with Gasteiger partial charge in [0.25, 0.3) is 10.5 Å². The number of carbonyl (C=O) groups excluding carboxylic acids is 6. The molecular weight excluding hydrogens is 1050 g/mol. The summed E-state index contributed by atoms with van der Waals surface area (Å²) in [7, 11) is -6.28. The number of hydrogen-bond donors (Lipinski definition) is 0. The third kappa shape index (κ3) is 26.3. The SMILES string of the molecule is CCCCCCCCC(=O)OC1(C)C(OC(=O)CCCCCCCC)(OC(=O)CCCCCCCC)C(C)(C)CC(OC(=O)CCCCCCCC)(S(=O)(=O)[O-])C1(OC(=O)CCCCCCCC)OC(=O)CCCCCCCC.[Na+]. The number of hydrogen-bond acceptors (Lipinski definition) is 15. The van der Waals surface area contributed by atoms with Gasteiger partial charge in [0.15, 0.2) is 0 Å². The van der Waals surface area contributed by atoms with Gasteiger partial charge in [-0.05, 0) is 45.4 Å². The molecule has 0 aromatic carbocycles. The second-order valence-corrected chi connectivity index (χ2v) is 25.1. The van der Waals surface area contributed by atoms with Crippen molar-refractivity contribution in [1.29, 1.82) is 0 Å². The van der Waals surface area contributed by atoms with Crippen molar-refractivity contribution in [2.24, 2.45) is 5.41 Å². The molecule has 1 rings (SSSR count). The average molecular weight is 1170 g/mol. The van der Waals surface area contributed by atoms with Crippen LogP contribution in [0.4, 0.5) is 0 Å². The van der Waals surface area contributed by atoms with E-state index in [4.69, 9.17) is 28.4 Å². The van der Waals surface area contributed by atoms with Crippen LogP contribution in [0.15, 0.2) is 0 Å². The van der Waals surface area contributed by atoms with E-state index in [1.165, 1.54) is 13.8 Å². The summed E-state index contributed by atoms with van der Waals surface area (Å²) in [6.45, 7) is 16.2. The molecule has 17 heteroatoms. The Morgan fingerprint density at radius 1 is 0.325 bits per heavy atom. The maximum absolute atomic E-state index is 14.9. The van der Waals surface area contributed by atoms with Crippen LogP contribution in [0.2, 0.25) is 0 Å². The Bertz CT molecular complexity index is 1780. The molecule has 2 unspecified atom stereocenters. The van der Waals surface area contributed by atoms with Gasteiger partial charge in [0.2, 0.25) is 0 Å². The van der Waals surface area contributed by atoms with Crippen LogP contribution in [-0.2, 0) is 67.3 Å². The second kappa shape index (κ2) is 43.4. The number of unbranched alkanes of at least 4 members (excludes halogenated alkanes) is 30. The monoisotopic (exact) mass is 1160 g/mol. The fourth-order valence-electron chi connectivity index (χ4n) is 11.1. The Balaban J connectivity index is 0.0000624. The van der Waals surface area contributed by atoms with Gasteiger partial charge in [-0.15, -0.1) is 0 Å². The van der Waals surface area contributed by atoms with Crippen molar-refractivity contribution in [1.82, 2.24) is 0 Å². The first-order valence-corrected chi connectivity index (χ1v) is 33.4. The van der Waals surface area contributed by atoms with Crippen molar-refractivity contribution >= 4 is 45.9 Å². The summed E-state index contributed by atoms with van der Waals surface area (Å²) in [6, 6.07) is 0. The van der Waals surface area contributed by atoms with Crippen molar-refractivity contribution in [3.8, 4) is 0 Å². The van der Waals surface area contributed by atoms with E-state index in [1.54, 1.807) is 0 Å². The summed E-state index contributed by atoms with van der Waals surface area (Å²) < 4.78 is 83.5. The van der Waals surface area contributed by atoms with Crippen LogP contribution in [-0.4, -0.2) is 70.9 Å². The molecule has 462 valence electrons. The fourth-order valence-corrected chi connectivity index (χ4v) is 12.4. The Morgan fingerprint density at radius 3 is 0.762 bits per heavy atom. The van der Waals surface area contributed by atoms with Crippen molar-refractivity contribution in [2.75, 3.05) is 0 Å². The molecule has 0 saturated heterocycles. The number of esters is 6. The molecule has 80 heavy (non-hydrogen) atoms. The Hall–Kier alpha value is -2.27. The van der Waals surface area contributed by atoms with Crippen LogP contribution >= 0.6 is 0 Å². The Labute approximate surface area is 508 Å². The molecule has 0 heterocycles. The topological polar surface area (TPSA) is 215 Å². The molecule has 0 spiro atoms.